The highest BCUT2D eigenvalue weighted by atomic mass is 35.5. The molecular formula is C18H17ClN2O2S. The average molecular weight is 361 g/mol. The van der Waals surface area contributed by atoms with Crippen molar-refractivity contribution in [3.63, 3.8) is 0 Å². The maximum atomic E-state index is 12.8. The predicted molar refractivity (Wildman–Crippen MR) is 99.2 cm³/mol. The zero-order valence-corrected chi connectivity index (χ0v) is 15.0. The molecule has 0 radical (unpaired) electrons. The van der Waals surface area contributed by atoms with Gasteiger partial charge in [-0.3, -0.25) is 9.69 Å². The lowest BCUT2D eigenvalue weighted by molar-refractivity contribution is -0.124. The van der Waals surface area contributed by atoms with Crippen LogP contribution in [0, 0.1) is 0 Å². The molecule has 0 fully saturated rings. The zero-order chi connectivity index (χ0) is 17.1. The second-order valence-corrected chi connectivity index (χ2v) is 6.71. The molecule has 124 valence electrons. The monoisotopic (exact) mass is 360 g/mol. The van der Waals surface area contributed by atoms with E-state index in [1.54, 1.807) is 36.1 Å². The largest absolute Gasteiger partial charge is 0.481 e. The van der Waals surface area contributed by atoms with Crippen molar-refractivity contribution in [1.29, 1.82) is 0 Å². The van der Waals surface area contributed by atoms with E-state index in [1.807, 2.05) is 31.2 Å². The summed E-state index contributed by atoms with van der Waals surface area (Å²) in [6, 6.07) is 14.9. The van der Waals surface area contributed by atoms with Crippen molar-refractivity contribution in [2.45, 2.75) is 20.0 Å². The van der Waals surface area contributed by atoms with Crippen LogP contribution >= 0.6 is 22.9 Å². The molecule has 3 rings (SSSR count). The first-order valence-corrected chi connectivity index (χ1v) is 8.87. The van der Waals surface area contributed by atoms with Gasteiger partial charge in [-0.25, -0.2) is 4.98 Å². The quantitative estimate of drug-likeness (QED) is 0.658. The number of rotatable bonds is 5. The second-order valence-electron chi connectivity index (χ2n) is 5.26. The van der Waals surface area contributed by atoms with E-state index in [-0.39, 0.29) is 5.91 Å². The molecule has 0 saturated heterocycles. The maximum absolute atomic E-state index is 12.8. The number of amides is 1. The van der Waals surface area contributed by atoms with Gasteiger partial charge in [0, 0.05) is 11.6 Å². The summed E-state index contributed by atoms with van der Waals surface area (Å²) in [4.78, 5) is 19.0. The highest BCUT2D eigenvalue weighted by Gasteiger charge is 2.24. The number of hydrogen-bond donors (Lipinski definition) is 0. The molecule has 0 saturated carbocycles. The van der Waals surface area contributed by atoms with Gasteiger partial charge in [-0.2, -0.15) is 0 Å². The zero-order valence-electron chi connectivity index (χ0n) is 13.4. The van der Waals surface area contributed by atoms with Crippen LogP contribution in [-0.2, 0) is 4.79 Å². The molecule has 24 heavy (non-hydrogen) atoms. The highest BCUT2D eigenvalue weighted by molar-refractivity contribution is 7.22. The fourth-order valence-corrected chi connectivity index (χ4v) is 3.59. The summed E-state index contributed by atoms with van der Waals surface area (Å²) in [5.41, 5.74) is 0.896. The molecule has 1 heterocycles. The molecule has 1 atom stereocenters. The Morgan fingerprint density at radius 1 is 1.29 bits per heavy atom. The fourth-order valence-electron chi connectivity index (χ4n) is 2.38. The smallest absolute Gasteiger partial charge is 0.269 e. The van der Waals surface area contributed by atoms with Crippen LogP contribution in [0.2, 0.25) is 5.02 Å². The minimum absolute atomic E-state index is 0.128. The van der Waals surface area contributed by atoms with E-state index < -0.39 is 6.10 Å². The minimum atomic E-state index is -0.629. The number of benzene rings is 2. The first-order valence-electron chi connectivity index (χ1n) is 7.67. The van der Waals surface area contributed by atoms with Crippen molar-refractivity contribution in [1.82, 2.24) is 4.98 Å². The summed E-state index contributed by atoms with van der Waals surface area (Å²) in [5, 5.41) is 1.26. The van der Waals surface area contributed by atoms with Gasteiger partial charge in [0.2, 0.25) is 0 Å². The van der Waals surface area contributed by atoms with Crippen LogP contribution in [0.1, 0.15) is 13.8 Å². The van der Waals surface area contributed by atoms with Gasteiger partial charge in [0.05, 0.1) is 10.2 Å². The molecule has 2 aromatic carbocycles. The second kappa shape index (κ2) is 7.20. The summed E-state index contributed by atoms with van der Waals surface area (Å²) in [6.07, 6.45) is -0.629. The van der Waals surface area contributed by atoms with E-state index in [2.05, 4.69) is 4.98 Å². The van der Waals surface area contributed by atoms with E-state index in [1.165, 1.54) is 11.3 Å². The van der Waals surface area contributed by atoms with Gasteiger partial charge >= 0.3 is 0 Å². The number of ether oxygens (including phenoxy) is 1. The van der Waals surface area contributed by atoms with Crippen molar-refractivity contribution in [3.8, 4) is 5.75 Å². The Labute approximate surface area is 149 Å². The van der Waals surface area contributed by atoms with E-state index in [9.17, 15) is 4.79 Å². The number of para-hydroxylation sites is 1. The molecule has 1 aromatic heterocycles. The Hall–Kier alpha value is -2.11. The maximum Gasteiger partial charge on any atom is 0.269 e. The van der Waals surface area contributed by atoms with Crippen molar-refractivity contribution < 1.29 is 9.53 Å². The van der Waals surface area contributed by atoms with Gasteiger partial charge in [-0.1, -0.05) is 41.1 Å². The molecule has 1 amide bonds. The number of aromatic nitrogens is 1. The molecular weight excluding hydrogens is 344 g/mol. The predicted octanol–water partition coefficient (Wildman–Crippen LogP) is 4.77. The van der Waals surface area contributed by atoms with Gasteiger partial charge in [-0.05, 0) is 44.2 Å². The number of carbonyl (C=O) groups excluding carboxylic acids is 1. The van der Waals surface area contributed by atoms with Crippen LogP contribution < -0.4 is 9.64 Å². The summed E-state index contributed by atoms with van der Waals surface area (Å²) in [7, 11) is 0. The van der Waals surface area contributed by atoms with Crippen LogP contribution in [-0.4, -0.2) is 23.5 Å². The van der Waals surface area contributed by atoms with E-state index in [0.29, 0.717) is 22.4 Å². The SMILES string of the molecule is CCN(C(=O)[C@@H](C)Oc1cccc(Cl)c1)c1nc2ccccc2s1. The van der Waals surface area contributed by atoms with Crippen LogP contribution in [0.5, 0.6) is 5.75 Å². The van der Waals surface area contributed by atoms with Crippen LogP contribution in [0.25, 0.3) is 10.2 Å². The molecule has 0 unspecified atom stereocenters. The Kier molecular flexibility index (Phi) is 5.02. The lowest BCUT2D eigenvalue weighted by atomic mass is 10.3. The Morgan fingerprint density at radius 3 is 2.79 bits per heavy atom. The van der Waals surface area contributed by atoms with E-state index in [0.717, 1.165) is 10.2 Å². The minimum Gasteiger partial charge on any atom is -0.481 e. The van der Waals surface area contributed by atoms with Crippen molar-refractivity contribution >= 4 is 44.2 Å². The molecule has 6 heteroatoms. The highest BCUT2D eigenvalue weighted by Crippen LogP contribution is 2.29. The number of thiazole rings is 1. The number of fused-ring (bicyclic) bond motifs is 1. The first kappa shape index (κ1) is 16.7. The number of anilines is 1. The molecule has 0 aliphatic carbocycles. The first-order chi connectivity index (χ1) is 11.6. The van der Waals surface area contributed by atoms with E-state index >= 15 is 0 Å². The molecule has 3 aromatic rings. The third-order valence-electron chi connectivity index (χ3n) is 3.55. The van der Waals surface area contributed by atoms with Crippen LogP contribution in [0.3, 0.4) is 0 Å². The van der Waals surface area contributed by atoms with Gasteiger partial charge < -0.3 is 4.74 Å². The molecule has 0 N–H and O–H groups in total. The number of nitrogens with zero attached hydrogens (tertiary/aromatic N) is 2. The van der Waals surface area contributed by atoms with Gasteiger partial charge in [0.15, 0.2) is 11.2 Å². The Morgan fingerprint density at radius 2 is 2.08 bits per heavy atom. The Bertz CT molecular complexity index is 832. The molecule has 0 aliphatic rings. The molecule has 0 bridgehead atoms. The standard InChI is InChI=1S/C18H17ClN2O2S/c1-3-21(18-20-15-9-4-5-10-16(15)24-18)17(22)12(2)23-14-8-6-7-13(19)11-14/h4-12H,3H2,1-2H3/t12-/m1/s1. The third kappa shape index (κ3) is 3.52. The van der Waals surface area contributed by atoms with Crippen molar-refractivity contribution in [2.75, 3.05) is 11.4 Å². The van der Waals surface area contributed by atoms with Gasteiger partial charge in [0.1, 0.15) is 5.75 Å². The van der Waals surface area contributed by atoms with Crippen molar-refractivity contribution in [3.05, 3.63) is 53.6 Å². The Balaban J connectivity index is 1.80. The summed E-state index contributed by atoms with van der Waals surface area (Å²) in [5.74, 6) is 0.445. The number of halogens is 1. The summed E-state index contributed by atoms with van der Waals surface area (Å²) < 4.78 is 6.79. The summed E-state index contributed by atoms with van der Waals surface area (Å²) in [6.45, 7) is 4.19. The number of carbonyl (C=O) groups is 1. The van der Waals surface area contributed by atoms with Crippen LogP contribution in [0.4, 0.5) is 5.13 Å². The van der Waals surface area contributed by atoms with E-state index in [4.69, 9.17) is 16.3 Å². The van der Waals surface area contributed by atoms with Crippen molar-refractivity contribution in [2.24, 2.45) is 0 Å². The number of likely N-dealkylation sites (N-methyl/N-ethyl adjacent to an activating group) is 1. The molecule has 4 nitrogen and oxygen atoms in total. The van der Waals surface area contributed by atoms with Crippen LogP contribution in [0.15, 0.2) is 48.5 Å². The third-order valence-corrected chi connectivity index (χ3v) is 4.85. The fraction of sp³-hybridized carbons (Fsp3) is 0.222. The average Bonchev–Trinajstić information content (AvgIpc) is 2.99. The lowest BCUT2D eigenvalue weighted by Crippen LogP contribution is -2.40. The normalized spacial score (nSPS) is 12.1. The lowest BCUT2D eigenvalue weighted by Gasteiger charge is -2.22. The van der Waals surface area contributed by atoms with Gasteiger partial charge in [-0.15, -0.1) is 0 Å². The summed E-state index contributed by atoms with van der Waals surface area (Å²) >= 11 is 7.46. The molecule has 0 aliphatic heterocycles. The van der Waals surface area contributed by atoms with Gasteiger partial charge in [0.25, 0.3) is 5.91 Å². The number of hydrogen-bond acceptors (Lipinski definition) is 4. The molecule has 0 spiro atoms. The topological polar surface area (TPSA) is 42.4 Å².